The van der Waals surface area contributed by atoms with E-state index in [-0.39, 0.29) is 19.1 Å². The van der Waals surface area contributed by atoms with Crippen LogP contribution < -0.4 is 0 Å². The van der Waals surface area contributed by atoms with Gasteiger partial charge in [0.05, 0.1) is 18.1 Å². The summed E-state index contributed by atoms with van der Waals surface area (Å²) in [5.41, 5.74) is 0.998. The maximum Gasteiger partial charge on any atom is 0.266 e. The second-order valence-corrected chi connectivity index (χ2v) is 6.30. The molecule has 0 saturated carbocycles. The summed E-state index contributed by atoms with van der Waals surface area (Å²) in [6.45, 7) is 0.158. The summed E-state index contributed by atoms with van der Waals surface area (Å²) in [6, 6.07) is 14.1. The lowest BCUT2D eigenvalue weighted by atomic mass is 10.0. The van der Waals surface area contributed by atoms with Gasteiger partial charge < -0.3 is 5.11 Å². The van der Waals surface area contributed by atoms with Crippen molar-refractivity contribution in [2.24, 2.45) is 0 Å². The highest BCUT2D eigenvalue weighted by atomic mass is 32.2. The first-order chi connectivity index (χ1) is 10.2. The van der Waals surface area contributed by atoms with Crippen molar-refractivity contribution in [2.45, 2.75) is 0 Å². The van der Waals surface area contributed by atoms with Crippen LogP contribution in [-0.2, 0) is 4.79 Å². The minimum atomic E-state index is -0.132. The molecule has 1 N–H and O–H groups in total. The van der Waals surface area contributed by atoms with E-state index < -0.39 is 0 Å². The van der Waals surface area contributed by atoms with E-state index >= 15 is 0 Å². The minimum Gasteiger partial charge on any atom is -0.395 e. The Balaban J connectivity index is 2.01. The second kappa shape index (κ2) is 5.97. The molecule has 1 saturated heterocycles. The molecule has 2 aromatic carbocycles. The number of carbonyl (C=O) groups excluding carboxylic acids is 1. The van der Waals surface area contributed by atoms with Crippen molar-refractivity contribution >= 4 is 51.1 Å². The summed E-state index contributed by atoms with van der Waals surface area (Å²) in [7, 11) is 0. The summed E-state index contributed by atoms with van der Waals surface area (Å²) >= 11 is 6.47. The van der Waals surface area contributed by atoms with Crippen LogP contribution in [0.4, 0.5) is 0 Å². The summed E-state index contributed by atoms with van der Waals surface area (Å²) in [6.07, 6.45) is 1.87. The Morgan fingerprint density at radius 3 is 2.76 bits per heavy atom. The molecule has 0 unspecified atom stereocenters. The van der Waals surface area contributed by atoms with Gasteiger partial charge in [0, 0.05) is 0 Å². The van der Waals surface area contributed by atoms with Crippen molar-refractivity contribution in [3.05, 3.63) is 52.9 Å². The van der Waals surface area contributed by atoms with Crippen LogP contribution in [0.1, 0.15) is 5.56 Å². The van der Waals surface area contributed by atoms with Crippen LogP contribution in [0.5, 0.6) is 0 Å². The van der Waals surface area contributed by atoms with Gasteiger partial charge in [-0.15, -0.1) is 0 Å². The van der Waals surface area contributed by atoms with Crippen molar-refractivity contribution < 1.29 is 9.90 Å². The van der Waals surface area contributed by atoms with Crippen molar-refractivity contribution in [1.29, 1.82) is 0 Å². The topological polar surface area (TPSA) is 40.5 Å². The molecule has 106 valence electrons. The Morgan fingerprint density at radius 1 is 1.19 bits per heavy atom. The lowest BCUT2D eigenvalue weighted by Crippen LogP contribution is -2.30. The van der Waals surface area contributed by atoms with Gasteiger partial charge in [0.15, 0.2) is 0 Å². The molecule has 2 aromatic rings. The molecule has 0 radical (unpaired) electrons. The van der Waals surface area contributed by atoms with E-state index in [9.17, 15) is 4.79 Å². The van der Waals surface area contributed by atoms with Crippen molar-refractivity contribution in [3.8, 4) is 0 Å². The minimum absolute atomic E-state index is 0.0893. The molecule has 0 spiro atoms. The van der Waals surface area contributed by atoms with E-state index in [0.717, 1.165) is 16.3 Å². The Labute approximate surface area is 132 Å². The lowest BCUT2D eigenvalue weighted by molar-refractivity contribution is -0.122. The van der Waals surface area contributed by atoms with Crippen LogP contribution in [0.2, 0.25) is 0 Å². The van der Waals surface area contributed by atoms with Crippen LogP contribution in [0, 0.1) is 0 Å². The zero-order valence-electron chi connectivity index (χ0n) is 11.2. The Hall–Kier alpha value is -1.69. The Morgan fingerprint density at radius 2 is 1.95 bits per heavy atom. The summed E-state index contributed by atoms with van der Waals surface area (Å²) < 4.78 is 0.500. The number of aliphatic hydroxyl groups excluding tert-OH is 1. The van der Waals surface area contributed by atoms with Crippen molar-refractivity contribution in [1.82, 2.24) is 4.90 Å². The predicted molar refractivity (Wildman–Crippen MR) is 90.9 cm³/mol. The van der Waals surface area contributed by atoms with Crippen molar-refractivity contribution in [2.75, 3.05) is 13.2 Å². The summed E-state index contributed by atoms with van der Waals surface area (Å²) in [5.74, 6) is -0.132. The molecule has 0 bridgehead atoms. The van der Waals surface area contributed by atoms with E-state index in [1.165, 1.54) is 16.7 Å². The maximum absolute atomic E-state index is 12.3. The molecule has 1 amide bonds. The highest BCUT2D eigenvalue weighted by molar-refractivity contribution is 8.26. The Bertz CT molecular complexity index is 750. The number of hydrogen-bond donors (Lipinski definition) is 1. The van der Waals surface area contributed by atoms with E-state index in [1.54, 1.807) is 0 Å². The molecular formula is C16H13NO2S2. The zero-order valence-corrected chi connectivity index (χ0v) is 12.8. The number of thioether (sulfide) groups is 1. The number of hydrogen-bond acceptors (Lipinski definition) is 4. The molecule has 0 aromatic heterocycles. The first-order valence-corrected chi connectivity index (χ1v) is 7.77. The fourth-order valence-electron chi connectivity index (χ4n) is 2.31. The van der Waals surface area contributed by atoms with E-state index in [2.05, 4.69) is 0 Å². The van der Waals surface area contributed by atoms with Gasteiger partial charge in [-0.1, -0.05) is 66.4 Å². The van der Waals surface area contributed by atoms with Gasteiger partial charge in [-0.3, -0.25) is 9.69 Å². The van der Waals surface area contributed by atoms with Gasteiger partial charge in [-0.05, 0) is 22.4 Å². The molecule has 3 nitrogen and oxygen atoms in total. The van der Waals surface area contributed by atoms with E-state index in [1.807, 2.05) is 48.5 Å². The predicted octanol–water partition coefficient (Wildman–Crippen LogP) is 3.03. The molecule has 0 atom stereocenters. The third-order valence-corrected chi connectivity index (χ3v) is 4.68. The fourth-order valence-corrected chi connectivity index (χ4v) is 3.61. The number of rotatable bonds is 3. The molecule has 3 rings (SSSR count). The lowest BCUT2D eigenvalue weighted by Gasteiger charge is -2.11. The van der Waals surface area contributed by atoms with Gasteiger partial charge in [0.25, 0.3) is 5.91 Å². The number of thiocarbonyl (C=S) groups is 1. The number of β-amino-alcohol motifs (C(OH)–C–C–N with tert-alkyl or cyclic N) is 1. The first-order valence-electron chi connectivity index (χ1n) is 6.54. The summed E-state index contributed by atoms with van der Waals surface area (Å²) in [4.78, 5) is 14.3. The first kappa shape index (κ1) is 14.3. The van der Waals surface area contributed by atoms with Crippen molar-refractivity contribution in [3.63, 3.8) is 0 Å². The fraction of sp³-hybridized carbons (Fsp3) is 0.125. The second-order valence-electron chi connectivity index (χ2n) is 4.63. The summed E-state index contributed by atoms with van der Waals surface area (Å²) in [5, 5.41) is 11.2. The van der Waals surface area contributed by atoms with Crippen LogP contribution >= 0.6 is 24.0 Å². The molecule has 21 heavy (non-hydrogen) atoms. The van der Waals surface area contributed by atoms with Gasteiger partial charge >= 0.3 is 0 Å². The third-order valence-electron chi connectivity index (χ3n) is 3.31. The molecule has 0 aliphatic carbocycles. The SMILES string of the molecule is O=C1/C(=C/c2cccc3ccccc23)SC(=S)N1CCO. The number of fused-ring (bicyclic) bond motifs is 1. The zero-order chi connectivity index (χ0) is 14.8. The monoisotopic (exact) mass is 315 g/mol. The molecule has 5 heteroatoms. The van der Waals surface area contributed by atoms with Crippen LogP contribution in [0.15, 0.2) is 47.4 Å². The average molecular weight is 315 g/mol. The highest BCUT2D eigenvalue weighted by Gasteiger charge is 2.31. The quantitative estimate of drug-likeness (QED) is 0.698. The number of benzene rings is 2. The number of amides is 1. The highest BCUT2D eigenvalue weighted by Crippen LogP contribution is 2.33. The molecule has 1 heterocycles. The average Bonchev–Trinajstić information content (AvgIpc) is 2.76. The molecule has 1 aliphatic heterocycles. The third kappa shape index (κ3) is 2.72. The van der Waals surface area contributed by atoms with Gasteiger partial charge in [0.1, 0.15) is 4.32 Å². The number of aliphatic hydroxyl groups is 1. The molecule has 1 fully saturated rings. The van der Waals surface area contributed by atoms with Crippen LogP contribution in [0.25, 0.3) is 16.8 Å². The van der Waals surface area contributed by atoms with E-state index in [4.69, 9.17) is 17.3 Å². The normalized spacial score (nSPS) is 17.2. The van der Waals surface area contributed by atoms with Crippen LogP contribution in [0.3, 0.4) is 0 Å². The number of nitrogens with zero attached hydrogens (tertiary/aromatic N) is 1. The molecular weight excluding hydrogens is 302 g/mol. The van der Waals surface area contributed by atoms with Gasteiger partial charge in [-0.2, -0.15) is 0 Å². The number of carbonyl (C=O) groups is 1. The van der Waals surface area contributed by atoms with E-state index in [0.29, 0.717) is 9.23 Å². The van der Waals surface area contributed by atoms with Gasteiger partial charge in [-0.25, -0.2) is 0 Å². The van der Waals surface area contributed by atoms with Gasteiger partial charge in [0.2, 0.25) is 0 Å². The Kier molecular flexibility index (Phi) is 4.05. The molecule has 1 aliphatic rings. The maximum atomic E-state index is 12.3. The standard InChI is InChI=1S/C16H13NO2S2/c18-9-8-17-15(19)14(21-16(17)20)10-12-6-3-5-11-4-1-2-7-13(11)12/h1-7,10,18H,8-9H2/b14-10-. The largest absolute Gasteiger partial charge is 0.395 e. The smallest absolute Gasteiger partial charge is 0.266 e. The van der Waals surface area contributed by atoms with Crippen LogP contribution in [-0.4, -0.2) is 33.4 Å².